The summed E-state index contributed by atoms with van der Waals surface area (Å²) in [7, 11) is 0. The van der Waals surface area contributed by atoms with Crippen LogP contribution in [0.3, 0.4) is 0 Å². The van der Waals surface area contributed by atoms with Crippen molar-refractivity contribution in [2.45, 2.75) is 32.2 Å². The third-order valence-electron chi connectivity index (χ3n) is 3.26. The molecule has 0 heterocycles. The molecule has 0 radical (unpaired) electrons. The molecule has 0 atom stereocenters. The van der Waals surface area contributed by atoms with Crippen molar-refractivity contribution in [3.05, 3.63) is 34.9 Å². The Morgan fingerprint density at radius 3 is 2.53 bits per heavy atom. The predicted molar refractivity (Wildman–Crippen MR) is 70.7 cm³/mol. The lowest BCUT2D eigenvalue weighted by atomic mass is 10.1. The zero-order valence-electron chi connectivity index (χ0n) is 10.2. The maximum atomic E-state index is 11.9. The van der Waals surface area contributed by atoms with Crippen molar-refractivity contribution >= 4 is 17.4 Å². The highest BCUT2D eigenvalue weighted by atomic mass is 35.5. The summed E-state index contributed by atoms with van der Waals surface area (Å²) in [5.74, 6) is 0.209. The zero-order chi connectivity index (χ0) is 12.3. The number of carbonyl (C=O) groups is 1. The minimum Gasteiger partial charge on any atom is -0.300 e. The third-order valence-corrected chi connectivity index (χ3v) is 3.51. The number of hydrogen-bond donors (Lipinski definition) is 0. The lowest BCUT2D eigenvalue weighted by molar-refractivity contribution is 0.0964. The summed E-state index contributed by atoms with van der Waals surface area (Å²) >= 11 is 5.80. The van der Waals surface area contributed by atoms with Crippen molar-refractivity contribution in [3.8, 4) is 0 Å². The molecule has 0 unspecified atom stereocenters. The average Bonchev–Trinajstić information content (AvgIpc) is 3.15. The summed E-state index contributed by atoms with van der Waals surface area (Å²) < 4.78 is 0. The minimum absolute atomic E-state index is 0.209. The predicted octanol–water partition coefficient (Wildman–Crippen LogP) is 3.40. The van der Waals surface area contributed by atoms with Crippen LogP contribution in [0.5, 0.6) is 0 Å². The molecule has 0 amide bonds. The van der Waals surface area contributed by atoms with Crippen LogP contribution >= 0.6 is 11.6 Å². The molecule has 1 saturated carbocycles. The Hall–Kier alpha value is -0.860. The van der Waals surface area contributed by atoms with E-state index in [1.54, 1.807) is 24.3 Å². The van der Waals surface area contributed by atoms with Crippen molar-refractivity contribution in [1.29, 1.82) is 0 Å². The highest BCUT2D eigenvalue weighted by Gasteiger charge is 2.27. The van der Waals surface area contributed by atoms with Crippen LogP contribution in [0, 0.1) is 0 Å². The fourth-order valence-electron chi connectivity index (χ4n) is 2.06. The van der Waals surface area contributed by atoms with Gasteiger partial charge in [0.15, 0.2) is 5.78 Å². The van der Waals surface area contributed by atoms with Gasteiger partial charge in [-0.3, -0.25) is 4.79 Å². The van der Waals surface area contributed by atoms with Crippen LogP contribution in [0.1, 0.15) is 36.5 Å². The van der Waals surface area contributed by atoms with Gasteiger partial charge in [-0.15, -0.1) is 0 Å². The fraction of sp³-hybridized carbons (Fsp3) is 0.500. The van der Waals surface area contributed by atoms with Crippen molar-refractivity contribution in [3.63, 3.8) is 0 Å². The van der Waals surface area contributed by atoms with E-state index >= 15 is 0 Å². The van der Waals surface area contributed by atoms with Crippen molar-refractivity contribution in [2.75, 3.05) is 13.1 Å². The molecule has 0 saturated heterocycles. The highest BCUT2D eigenvalue weighted by Crippen LogP contribution is 2.26. The summed E-state index contributed by atoms with van der Waals surface area (Å²) in [4.78, 5) is 14.3. The summed E-state index contributed by atoms with van der Waals surface area (Å²) in [6.45, 7) is 4.08. The molecule has 1 aromatic carbocycles. The lowest BCUT2D eigenvalue weighted by Crippen LogP contribution is -2.28. The number of benzene rings is 1. The van der Waals surface area contributed by atoms with Gasteiger partial charge >= 0.3 is 0 Å². The molecule has 92 valence electrons. The molecule has 0 N–H and O–H groups in total. The van der Waals surface area contributed by atoms with Gasteiger partial charge < -0.3 is 4.90 Å². The van der Waals surface area contributed by atoms with E-state index < -0.39 is 0 Å². The van der Waals surface area contributed by atoms with Gasteiger partial charge in [0.2, 0.25) is 0 Å². The molecule has 0 aromatic heterocycles. The van der Waals surface area contributed by atoms with Crippen molar-refractivity contribution < 1.29 is 4.79 Å². The van der Waals surface area contributed by atoms with Crippen LogP contribution in [0.15, 0.2) is 24.3 Å². The first kappa shape index (κ1) is 12.6. The maximum absolute atomic E-state index is 11.9. The van der Waals surface area contributed by atoms with Crippen LogP contribution in [0.4, 0.5) is 0 Å². The van der Waals surface area contributed by atoms with Crippen LogP contribution < -0.4 is 0 Å². The highest BCUT2D eigenvalue weighted by molar-refractivity contribution is 6.30. The second-order valence-electron chi connectivity index (χ2n) is 4.54. The fourth-order valence-corrected chi connectivity index (χ4v) is 2.19. The maximum Gasteiger partial charge on any atom is 0.164 e. The summed E-state index contributed by atoms with van der Waals surface area (Å²) in [6.07, 6.45) is 3.19. The molecule has 2 rings (SSSR count). The van der Waals surface area contributed by atoms with Crippen molar-refractivity contribution in [2.24, 2.45) is 0 Å². The third kappa shape index (κ3) is 3.55. The smallest absolute Gasteiger partial charge is 0.164 e. The van der Waals surface area contributed by atoms with Gasteiger partial charge in [0.05, 0.1) is 0 Å². The van der Waals surface area contributed by atoms with Gasteiger partial charge in [-0.05, 0) is 43.7 Å². The lowest BCUT2D eigenvalue weighted by Gasteiger charge is -2.18. The Labute approximate surface area is 108 Å². The second-order valence-corrected chi connectivity index (χ2v) is 4.98. The largest absolute Gasteiger partial charge is 0.300 e. The van der Waals surface area contributed by atoms with Gasteiger partial charge in [0, 0.05) is 29.6 Å². The Balaban J connectivity index is 1.86. The molecule has 0 spiro atoms. The molecular weight excluding hydrogens is 234 g/mol. The van der Waals surface area contributed by atoms with Gasteiger partial charge in [0.1, 0.15) is 0 Å². The first-order valence-electron chi connectivity index (χ1n) is 6.23. The number of rotatable bonds is 6. The number of hydrogen-bond acceptors (Lipinski definition) is 2. The SMILES string of the molecule is CCN(CCC(=O)c1ccc(Cl)cc1)C1CC1. The monoisotopic (exact) mass is 251 g/mol. The molecule has 0 aliphatic heterocycles. The summed E-state index contributed by atoms with van der Waals surface area (Å²) in [6, 6.07) is 7.88. The molecule has 1 aromatic rings. The van der Waals surface area contributed by atoms with E-state index in [-0.39, 0.29) is 5.78 Å². The normalized spacial score (nSPS) is 15.2. The quantitative estimate of drug-likeness (QED) is 0.723. The molecule has 1 aliphatic rings. The first-order chi connectivity index (χ1) is 8.20. The van der Waals surface area contributed by atoms with Gasteiger partial charge in [-0.25, -0.2) is 0 Å². The Morgan fingerprint density at radius 2 is 2.00 bits per heavy atom. The first-order valence-corrected chi connectivity index (χ1v) is 6.61. The van der Waals surface area contributed by atoms with E-state index in [0.29, 0.717) is 11.4 Å². The standard InChI is InChI=1S/C14H18ClNO/c1-2-16(13-7-8-13)10-9-14(17)11-3-5-12(15)6-4-11/h3-6,13H,2,7-10H2,1H3. The van der Waals surface area contributed by atoms with E-state index in [2.05, 4.69) is 11.8 Å². The van der Waals surface area contributed by atoms with E-state index in [9.17, 15) is 4.79 Å². The Bertz CT molecular complexity index is 384. The van der Waals surface area contributed by atoms with Crippen LogP contribution in [0.25, 0.3) is 0 Å². The molecule has 1 fully saturated rings. The van der Waals surface area contributed by atoms with E-state index in [4.69, 9.17) is 11.6 Å². The number of carbonyl (C=O) groups excluding carboxylic acids is 1. The minimum atomic E-state index is 0.209. The number of halogens is 1. The van der Waals surface area contributed by atoms with Crippen LogP contribution in [-0.4, -0.2) is 29.8 Å². The summed E-state index contributed by atoms with van der Waals surface area (Å²) in [5.41, 5.74) is 0.765. The molecule has 3 heteroatoms. The topological polar surface area (TPSA) is 20.3 Å². The molecule has 1 aliphatic carbocycles. The average molecular weight is 252 g/mol. The number of nitrogens with zero attached hydrogens (tertiary/aromatic N) is 1. The number of ketones is 1. The van der Waals surface area contributed by atoms with Crippen LogP contribution in [-0.2, 0) is 0 Å². The Morgan fingerprint density at radius 1 is 1.35 bits per heavy atom. The molecule has 2 nitrogen and oxygen atoms in total. The number of Topliss-reactive ketones (excluding diaryl/α,β-unsaturated/α-hetero) is 1. The Kier molecular flexibility index (Phi) is 4.19. The molecule has 17 heavy (non-hydrogen) atoms. The van der Waals surface area contributed by atoms with Gasteiger partial charge in [-0.2, -0.15) is 0 Å². The van der Waals surface area contributed by atoms with E-state index in [0.717, 1.165) is 24.7 Å². The zero-order valence-corrected chi connectivity index (χ0v) is 10.9. The van der Waals surface area contributed by atoms with E-state index in [1.807, 2.05) is 0 Å². The van der Waals surface area contributed by atoms with Gasteiger partial charge in [0.25, 0.3) is 0 Å². The van der Waals surface area contributed by atoms with Crippen molar-refractivity contribution in [1.82, 2.24) is 4.90 Å². The molecule has 0 bridgehead atoms. The van der Waals surface area contributed by atoms with E-state index in [1.165, 1.54) is 12.8 Å². The summed E-state index contributed by atoms with van der Waals surface area (Å²) in [5, 5.41) is 0.676. The van der Waals surface area contributed by atoms with Crippen LogP contribution in [0.2, 0.25) is 5.02 Å². The molecular formula is C14H18ClNO. The second kappa shape index (κ2) is 5.65. The van der Waals surface area contributed by atoms with Gasteiger partial charge in [-0.1, -0.05) is 18.5 Å².